The van der Waals surface area contributed by atoms with Crippen molar-refractivity contribution >= 4 is 17.8 Å². The van der Waals surface area contributed by atoms with Gasteiger partial charge < -0.3 is 20.3 Å². The first-order valence-electron chi connectivity index (χ1n) is 9.62. The summed E-state index contributed by atoms with van der Waals surface area (Å²) in [7, 11) is 1.70. The van der Waals surface area contributed by atoms with E-state index in [1.807, 2.05) is 6.92 Å². The van der Waals surface area contributed by atoms with Crippen LogP contribution in [0.1, 0.15) is 35.7 Å². The van der Waals surface area contributed by atoms with Crippen LogP contribution in [-0.2, 0) is 9.53 Å². The third-order valence-electron chi connectivity index (χ3n) is 4.75. The molecule has 1 heterocycles. The zero-order valence-electron chi connectivity index (χ0n) is 16.8. The van der Waals surface area contributed by atoms with Crippen LogP contribution in [0, 0.1) is 18.7 Å². The minimum Gasteiger partial charge on any atom is -0.466 e. The number of benzene rings is 1. The highest BCUT2D eigenvalue weighted by Crippen LogP contribution is 2.18. The van der Waals surface area contributed by atoms with Gasteiger partial charge in [0.25, 0.3) is 5.91 Å². The van der Waals surface area contributed by atoms with Crippen molar-refractivity contribution in [1.82, 2.24) is 15.5 Å². The van der Waals surface area contributed by atoms with Crippen LogP contribution in [0.4, 0.5) is 4.39 Å². The van der Waals surface area contributed by atoms with Crippen LogP contribution in [0.5, 0.6) is 0 Å². The van der Waals surface area contributed by atoms with Crippen LogP contribution in [0.25, 0.3) is 0 Å². The molecule has 1 aliphatic rings. The van der Waals surface area contributed by atoms with Crippen LogP contribution in [0.3, 0.4) is 0 Å². The summed E-state index contributed by atoms with van der Waals surface area (Å²) in [6.07, 6.45) is 1.46. The summed E-state index contributed by atoms with van der Waals surface area (Å²) in [6.45, 7) is 6.19. The highest BCUT2D eigenvalue weighted by molar-refractivity contribution is 5.94. The van der Waals surface area contributed by atoms with Gasteiger partial charge >= 0.3 is 5.97 Å². The highest BCUT2D eigenvalue weighted by atomic mass is 19.1. The Morgan fingerprint density at radius 1 is 1.25 bits per heavy atom. The fraction of sp³-hybridized carbons (Fsp3) is 0.550. The Morgan fingerprint density at radius 2 is 1.93 bits per heavy atom. The van der Waals surface area contributed by atoms with E-state index >= 15 is 0 Å². The van der Waals surface area contributed by atoms with Gasteiger partial charge in [-0.3, -0.25) is 14.6 Å². The van der Waals surface area contributed by atoms with Crippen LogP contribution >= 0.6 is 0 Å². The van der Waals surface area contributed by atoms with E-state index in [2.05, 4.69) is 20.5 Å². The molecule has 0 bridgehead atoms. The van der Waals surface area contributed by atoms with E-state index in [1.54, 1.807) is 26.1 Å². The number of hydrogen-bond acceptors (Lipinski definition) is 4. The van der Waals surface area contributed by atoms with Crippen molar-refractivity contribution in [2.24, 2.45) is 10.9 Å². The predicted octanol–water partition coefficient (Wildman–Crippen LogP) is 1.71. The summed E-state index contributed by atoms with van der Waals surface area (Å²) in [4.78, 5) is 30.3. The SMILES string of the molecule is CCOC(=O)C1CCN(C(=NC)NCCNC(=O)c2ccc(C)c(F)c2)CC1. The van der Waals surface area contributed by atoms with E-state index in [9.17, 15) is 14.0 Å². The zero-order chi connectivity index (χ0) is 20.5. The molecule has 7 nitrogen and oxygen atoms in total. The minimum absolute atomic E-state index is 0.0523. The second kappa shape index (κ2) is 10.6. The van der Waals surface area contributed by atoms with Crippen molar-refractivity contribution in [2.75, 3.05) is 39.8 Å². The molecule has 0 aromatic heterocycles. The van der Waals surface area contributed by atoms with Crippen molar-refractivity contribution in [3.8, 4) is 0 Å². The molecule has 1 fully saturated rings. The van der Waals surface area contributed by atoms with Gasteiger partial charge in [-0.2, -0.15) is 0 Å². The molecular formula is C20H29FN4O3. The molecule has 2 N–H and O–H groups in total. The molecule has 8 heteroatoms. The average molecular weight is 392 g/mol. The third kappa shape index (κ3) is 5.94. The first-order chi connectivity index (χ1) is 13.5. The number of guanidine groups is 1. The standard InChI is InChI=1S/C20H29FN4O3/c1-4-28-19(27)15-7-11-25(12-8-15)20(22-3)24-10-9-23-18(26)16-6-5-14(2)17(21)13-16/h5-6,13,15H,4,7-12H2,1-3H3,(H,22,24)(H,23,26). The number of likely N-dealkylation sites (tertiary alicyclic amines) is 1. The van der Waals surface area contributed by atoms with Crippen molar-refractivity contribution in [3.05, 3.63) is 35.1 Å². The average Bonchev–Trinajstić information content (AvgIpc) is 2.70. The van der Waals surface area contributed by atoms with Crippen LogP contribution < -0.4 is 10.6 Å². The number of ether oxygens (including phenoxy) is 1. The van der Waals surface area contributed by atoms with E-state index in [0.29, 0.717) is 30.8 Å². The summed E-state index contributed by atoms with van der Waals surface area (Å²) < 4.78 is 18.7. The maximum Gasteiger partial charge on any atom is 0.309 e. The molecule has 0 atom stereocenters. The number of piperidine rings is 1. The molecule has 1 saturated heterocycles. The first-order valence-corrected chi connectivity index (χ1v) is 9.62. The van der Waals surface area contributed by atoms with Gasteiger partial charge in [0.1, 0.15) is 5.82 Å². The van der Waals surface area contributed by atoms with Crippen molar-refractivity contribution < 1.29 is 18.7 Å². The number of rotatable bonds is 6. The lowest BCUT2D eigenvalue weighted by Gasteiger charge is -2.33. The molecule has 28 heavy (non-hydrogen) atoms. The molecule has 0 unspecified atom stereocenters. The summed E-state index contributed by atoms with van der Waals surface area (Å²) >= 11 is 0. The third-order valence-corrected chi connectivity index (χ3v) is 4.75. The van der Waals surface area contributed by atoms with Gasteiger partial charge in [-0.25, -0.2) is 4.39 Å². The molecule has 0 spiro atoms. The molecular weight excluding hydrogens is 363 g/mol. The molecule has 1 amide bonds. The second-order valence-corrected chi connectivity index (χ2v) is 6.71. The Kier molecular flexibility index (Phi) is 8.22. The number of halogens is 1. The lowest BCUT2D eigenvalue weighted by atomic mass is 9.97. The Balaban J connectivity index is 1.73. The molecule has 0 saturated carbocycles. The van der Waals surface area contributed by atoms with Gasteiger partial charge in [0.2, 0.25) is 0 Å². The van der Waals surface area contributed by atoms with Crippen LogP contribution in [-0.4, -0.2) is 62.6 Å². The smallest absolute Gasteiger partial charge is 0.309 e. The quantitative estimate of drug-likeness (QED) is 0.333. The number of aliphatic imine (C=N–C) groups is 1. The Labute approximate surface area is 165 Å². The van der Waals surface area contributed by atoms with E-state index in [-0.39, 0.29) is 17.8 Å². The molecule has 2 rings (SSSR count). The van der Waals surface area contributed by atoms with Gasteiger partial charge in [0, 0.05) is 38.8 Å². The monoisotopic (exact) mass is 392 g/mol. The van der Waals surface area contributed by atoms with E-state index < -0.39 is 5.82 Å². The van der Waals surface area contributed by atoms with Gasteiger partial charge in [0.15, 0.2) is 5.96 Å². The predicted molar refractivity (Wildman–Crippen MR) is 106 cm³/mol. The Hall–Kier alpha value is -2.64. The lowest BCUT2D eigenvalue weighted by molar-refractivity contribution is -0.149. The normalized spacial score (nSPS) is 15.3. The van der Waals surface area contributed by atoms with Gasteiger partial charge in [-0.1, -0.05) is 6.07 Å². The first kappa shape index (κ1) is 21.7. The number of nitrogens with one attached hydrogen (secondary N) is 2. The molecule has 1 aliphatic heterocycles. The number of carbonyl (C=O) groups excluding carboxylic acids is 2. The molecule has 1 aromatic carbocycles. The van der Waals surface area contributed by atoms with Gasteiger partial charge in [0.05, 0.1) is 12.5 Å². The number of carbonyl (C=O) groups is 2. The fourth-order valence-corrected chi connectivity index (χ4v) is 3.11. The van der Waals surface area contributed by atoms with E-state index in [4.69, 9.17) is 4.74 Å². The zero-order valence-corrected chi connectivity index (χ0v) is 16.8. The van der Waals surface area contributed by atoms with Gasteiger partial charge in [-0.15, -0.1) is 0 Å². The van der Waals surface area contributed by atoms with Crippen molar-refractivity contribution in [1.29, 1.82) is 0 Å². The maximum absolute atomic E-state index is 13.6. The number of esters is 1. The summed E-state index contributed by atoms with van der Waals surface area (Å²) in [5, 5.41) is 5.97. The highest BCUT2D eigenvalue weighted by Gasteiger charge is 2.27. The number of amides is 1. The Bertz CT molecular complexity index is 715. The largest absolute Gasteiger partial charge is 0.466 e. The number of aryl methyl sites for hydroxylation is 1. The Morgan fingerprint density at radius 3 is 2.54 bits per heavy atom. The fourth-order valence-electron chi connectivity index (χ4n) is 3.11. The lowest BCUT2D eigenvalue weighted by Crippen LogP contribution is -2.48. The van der Waals surface area contributed by atoms with Crippen molar-refractivity contribution in [2.45, 2.75) is 26.7 Å². The summed E-state index contributed by atoms with van der Waals surface area (Å²) in [6, 6.07) is 4.43. The van der Waals surface area contributed by atoms with E-state index in [1.165, 1.54) is 6.07 Å². The maximum atomic E-state index is 13.6. The van der Waals surface area contributed by atoms with E-state index in [0.717, 1.165) is 31.9 Å². The topological polar surface area (TPSA) is 83.0 Å². The number of nitrogens with zero attached hydrogens (tertiary/aromatic N) is 2. The second-order valence-electron chi connectivity index (χ2n) is 6.71. The number of hydrogen-bond donors (Lipinski definition) is 2. The molecule has 0 radical (unpaired) electrons. The molecule has 154 valence electrons. The molecule has 0 aliphatic carbocycles. The van der Waals surface area contributed by atoms with Gasteiger partial charge in [-0.05, 0) is 44.4 Å². The summed E-state index contributed by atoms with van der Waals surface area (Å²) in [5.74, 6) is -0.148. The van der Waals surface area contributed by atoms with Crippen molar-refractivity contribution in [3.63, 3.8) is 0 Å². The minimum atomic E-state index is -0.391. The summed E-state index contributed by atoms with van der Waals surface area (Å²) in [5.41, 5.74) is 0.808. The van der Waals surface area contributed by atoms with Crippen LogP contribution in [0.15, 0.2) is 23.2 Å². The van der Waals surface area contributed by atoms with Crippen LogP contribution in [0.2, 0.25) is 0 Å². The molecule has 1 aromatic rings.